The molecule has 2 aromatic carbocycles. The van der Waals surface area contributed by atoms with E-state index in [0.29, 0.717) is 23.0 Å². The van der Waals surface area contributed by atoms with Crippen LogP contribution >= 0.6 is 0 Å². The Morgan fingerprint density at radius 2 is 0.972 bits per heavy atom. The summed E-state index contributed by atoms with van der Waals surface area (Å²) in [5, 5.41) is 18.1. The summed E-state index contributed by atoms with van der Waals surface area (Å²) < 4.78 is 3.55. The molecule has 2 aliphatic heterocycles. The van der Waals surface area contributed by atoms with E-state index in [-0.39, 0.29) is 35.5 Å². The molecule has 72 heavy (non-hydrogen) atoms. The summed E-state index contributed by atoms with van der Waals surface area (Å²) in [6.45, 7) is 8.33. The van der Waals surface area contributed by atoms with Gasteiger partial charge in [0.2, 0.25) is 11.8 Å². The first-order chi connectivity index (χ1) is 34.9. The van der Waals surface area contributed by atoms with Crippen molar-refractivity contribution in [1.82, 2.24) is 39.5 Å². The van der Waals surface area contributed by atoms with E-state index in [4.69, 9.17) is 21.4 Å². The van der Waals surface area contributed by atoms with Crippen molar-refractivity contribution in [3.05, 3.63) is 120 Å². The second-order valence-corrected chi connectivity index (χ2v) is 20.2. The lowest BCUT2D eigenvalue weighted by atomic mass is 9.97. The molecule has 2 aliphatic carbocycles. The Labute approximate surface area is 419 Å². The third kappa shape index (κ3) is 9.52. The number of nitrogens with zero attached hydrogens (tertiary/aromatic N) is 10. The number of fused-ring (bicyclic) bond motifs is 2. The number of carbonyl (C=O) groups excluding carboxylic acids is 2. The predicted octanol–water partition coefficient (Wildman–Crippen LogP) is 9.31. The van der Waals surface area contributed by atoms with E-state index < -0.39 is 0 Å². The molecule has 2 saturated heterocycles. The highest BCUT2D eigenvalue weighted by molar-refractivity contribution is 6.03. The first-order valence-corrected chi connectivity index (χ1v) is 25.3. The summed E-state index contributed by atoms with van der Waals surface area (Å²) in [7, 11) is 3.78. The molecule has 4 fully saturated rings. The fourth-order valence-corrected chi connectivity index (χ4v) is 10.9. The van der Waals surface area contributed by atoms with Crippen molar-refractivity contribution in [3.8, 4) is 22.3 Å². The number of hydrogen-bond donors (Lipinski definition) is 4. The normalized spacial score (nSPS) is 19.4. The molecule has 12 rings (SSSR count). The maximum Gasteiger partial charge on any atom is 0.229 e. The SMILES string of the molecule is Cc1ccnc(N2CCCCC2)c1-c1cc(N)c2cnc(NC(=O)[C@@H]3C[C@H]3c3cnn(C)c3)cc2c1.Cc1ccnc(N2CCCCC2)c1-c1cc(N)c2cnc(NC(=O)[C@H]3C[C@@H]3c3cnn(C)c3)cc2c1. The van der Waals surface area contributed by atoms with Crippen LogP contribution in [0.5, 0.6) is 0 Å². The number of pyridine rings is 4. The summed E-state index contributed by atoms with van der Waals surface area (Å²) >= 11 is 0. The van der Waals surface area contributed by atoms with E-state index >= 15 is 0 Å². The van der Waals surface area contributed by atoms with Gasteiger partial charge >= 0.3 is 0 Å². The molecule has 6 aromatic heterocycles. The van der Waals surface area contributed by atoms with Gasteiger partial charge in [-0.3, -0.25) is 19.0 Å². The summed E-state index contributed by atoms with van der Waals surface area (Å²) in [4.78, 5) is 49.1. The van der Waals surface area contributed by atoms with Crippen molar-refractivity contribution in [2.24, 2.45) is 25.9 Å². The zero-order chi connectivity index (χ0) is 49.6. The maximum absolute atomic E-state index is 12.9. The van der Waals surface area contributed by atoms with Crippen LogP contribution in [0.3, 0.4) is 0 Å². The number of amides is 2. The molecule has 368 valence electrons. The Balaban J connectivity index is 0.000000156. The summed E-state index contributed by atoms with van der Waals surface area (Å²) in [6.07, 6.45) is 23.9. The van der Waals surface area contributed by atoms with Gasteiger partial charge in [-0.1, -0.05) is 0 Å². The summed E-state index contributed by atoms with van der Waals surface area (Å²) in [5.41, 5.74) is 23.2. The Hall–Kier alpha value is -7.88. The standard InChI is InChI=1S/2C28H31N7O/c2*1-17-6-7-30-27(35-8-4-3-5-9-35)26(17)19-10-18-12-25(31-15-23(18)24(29)11-19)33-28(36)22-13-21(22)20-14-32-34(2)16-20/h2*6-7,10-12,14-16,21-22H,3-5,8-9,13,29H2,1-2H3,(H,31,33,36)/t2*21-,22+/m10/s1. The fraction of sp³-hybridized carbons (Fsp3) is 0.357. The molecule has 0 radical (unpaired) electrons. The number of nitrogens with one attached hydrogen (secondary N) is 2. The van der Waals surface area contributed by atoms with Crippen molar-refractivity contribution in [1.29, 1.82) is 0 Å². The molecule has 16 nitrogen and oxygen atoms in total. The molecule has 8 aromatic rings. The van der Waals surface area contributed by atoms with Crippen LogP contribution in [-0.2, 0) is 23.7 Å². The predicted molar refractivity (Wildman–Crippen MR) is 286 cm³/mol. The third-order valence-electron chi connectivity index (χ3n) is 15.0. The number of aryl methyl sites for hydroxylation is 4. The number of hydrogen-bond acceptors (Lipinski definition) is 12. The Morgan fingerprint density at radius 3 is 1.36 bits per heavy atom. The number of nitrogens with two attached hydrogens (primary N) is 2. The van der Waals surface area contributed by atoms with Gasteiger partial charge in [0, 0.05) is 123 Å². The number of anilines is 6. The minimum absolute atomic E-state index is 0.00434. The number of benzene rings is 2. The van der Waals surface area contributed by atoms with Crippen molar-refractivity contribution in [2.45, 2.75) is 77.0 Å². The first-order valence-electron chi connectivity index (χ1n) is 25.3. The Bertz CT molecular complexity index is 3130. The van der Waals surface area contributed by atoms with Gasteiger partial charge in [0.25, 0.3) is 0 Å². The molecular formula is C56H62N14O2. The van der Waals surface area contributed by atoms with Crippen LogP contribution < -0.4 is 31.9 Å². The second kappa shape index (κ2) is 19.4. The monoisotopic (exact) mass is 963 g/mol. The number of rotatable bonds is 10. The molecule has 0 bridgehead atoms. The fourth-order valence-electron chi connectivity index (χ4n) is 10.9. The van der Waals surface area contributed by atoms with Gasteiger partial charge in [-0.05, 0) is 170 Å². The lowest BCUT2D eigenvalue weighted by molar-refractivity contribution is -0.118. The molecule has 6 N–H and O–H groups in total. The Morgan fingerprint density at radius 1 is 0.556 bits per heavy atom. The van der Waals surface area contributed by atoms with Crippen LogP contribution in [0, 0.1) is 25.7 Å². The molecule has 8 heterocycles. The first kappa shape index (κ1) is 46.5. The maximum atomic E-state index is 12.9. The lowest BCUT2D eigenvalue weighted by Gasteiger charge is -2.30. The highest BCUT2D eigenvalue weighted by Gasteiger charge is 2.45. The lowest BCUT2D eigenvalue weighted by Crippen LogP contribution is -2.30. The summed E-state index contributed by atoms with van der Waals surface area (Å²) in [6, 6.07) is 16.2. The van der Waals surface area contributed by atoms with Crippen molar-refractivity contribution in [2.75, 3.05) is 58.1 Å². The van der Waals surface area contributed by atoms with Crippen LogP contribution in [0.4, 0.5) is 34.6 Å². The second-order valence-electron chi connectivity index (χ2n) is 20.2. The number of nitrogen functional groups attached to an aromatic ring is 2. The molecule has 0 unspecified atom stereocenters. The van der Waals surface area contributed by atoms with Crippen molar-refractivity contribution >= 4 is 68.0 Å². The van der Waals surface area contributed by atoms with Crippen LogP contribution in [0.25, 0.3) is 43.8 Å². The largest absolute Gasteiger partial charge is 0.398 e. The molecular weight excluding hydrogens is 901 g/mol. The molecule has 2 saturated carbocycles. The van der Waals surface area contributed by atoms with E-state index in [1.807, 2.05) is 75.5 Å². The van der Waals surface area contributed by atoms with E-state index in [0.717, 1.165) is 106 Å². The van der Waals surface area contributed by atoms with Crippen molar-refractivity contribution < 1.29 is 9.59 Å². The summed E-state index contributed by atoms with van der Waals surface area (Å²) in [5.74, 6) is 3.47. The van der Waals surface area contributed by atoms with Crippen LogP contribution in [0.2, 0.25) is 0 Å². The molecule has 2 amide bonds. The average Bonchev–Trinajstić information content (AvgIpc) is 4.28. The molecule has 16 heteroatoms. The zero-order valence-electron chi connectivity index (χ0n) is 41.5. The number of carbonyl (C=O) groups is 2. The van der Waals surface area contributed by atoms with Crippen LogP contribution in [0.1, 0.15) is 85.5 Å². The van der Waals surface area contributed by atoms with Gasteiger partial charge in [-0.2, -0.15) is 10.2 Å². The topological polar surface area (TPSA) is 204 Å². The third-order valence-corrected chi connectivity index (χ3v) is 15.0. The van der Waals surface area contributed by atoms with E-state index in [1.165, 1.54) is 49.7 Å². The zero-order valence-corrected chi connectivity index (χ0v) is 41.5. The molecule has 4 atom stereocenters. The van der Waals surface area contributed by atoms with Gasteiger partial charge in [-0.25, -0.2) is 19.9 Å². The highest BCUT2D eigenvalue weighted by atomic mass is 16.2. The average molecular weight is 963 g/mol. The minimum atomic E-state index is -0.0479. The van der Waals surface area contributed by atoms with E-state index in [9.17, 15) is 9.59 Å². The van der Waals surface area contributed by atoms with Gasteiger partial charge in [0.05, 0.1) is 12.4 Å². The van der Waals surface area contributed by atoms with Crippen molar-refractivity contribution in [3.63, 3.8) is 0 Å². The van der Waals surface area contributed by atoms with Crippen LogP contribution in [0.15, 0.2) is 98.1 Å². The van der Waals surface area contributed by atoms with Gasteiger partial charge < -0.3 is 31.9 Å². The highest BCUT2D eigenvalue weighted by Crippen LogP contribution is 2.49. The van der Waals surface area contributed by atoms with Gasteiger partial charge in [0.1, 0.15) is 23.3 Å². The van der Waals surface area contributed by atoms with E-state index in [2.05, 4.69) is 78.7 Å². The smallest absolute Gasteiger partial charge is 0.229 e. The quantitative estimate of drug-likeness (QED) is 0.0948. The Kier molecular flexibility index (Phi) is 12.5. The number of piperidine rings is 2. The van der Waals surface area contributed by atoms with E-state index in [1.54, 1.807) is 21.8 Å². The molecule has 0 spiro atoms. The van der Waals surface area contributed by atoms with Gasteiger partial charge in [0.15, 0.2) is 0 Å². The van der Waals surface area contributed by atoms with Crippen LogP contribution in [-0.4, -0.2) is 77.5 Å². The van der Waals surface area contributed by atoms with Gasteiger partial charge in [-0.15, -0.1) is 0 Å². The molecule has 4 aliphatic rings. The minimum Gasteiger partial charge on any atom is -0.398 e. The number of aromatic nitrogens is 8.